The van der Waals surface area contributed by atoms with E-state index in [1.807, 2.05) is 6.07 Å². The first-order valence-electron chi connectivity index (χ1n) is 8.52. The van der Waals surface area contributed by atoms with Gasteiger partial charge >= 0.3 is 0 Å². The highest BCUT2D eigenvalue weighted by Crippen LogP contribution is 2.53. The van der Waals surface area contributed by atoms with Crippen LogP contribution in [-0.4, -0.2) is 31.8 Å². The molecule has 0 saturated heterocycles. The van der Waals surface area contributed by atoms with E-state index in [0.29, 0.717) is 13.0 Å². The van der Waals surface area contributed by atoms with E-state index in [2.05, 4.69) is 18.2 Å². The molecule has 3 atom stereocenters. The molecular formula is C19H17NO5. The van der Waals surface area contributed by atoms with Crippen molar-refractivity contribution in [3.8, 4) is 23.0 Å². The van der Waals surface area contributed by atoms with Crippen molar-refractivity contribution in [3.63, 3.8) is 0 Å². The van der Waals surface area contributed by atoms with Crippen LogP contribution < -0.4 is 18.9 Å². The van der Waals surface area contributed by atoms with Gasteiger partial charge in [0.25, 0.3) is 0 Å². The molecule has 128 valence electrons. The van der Waals surface area contributed by atoms with Gasteiger partial charge in [0.2, 0.25) is 13.6 Å². The van der Waals surface area contributed by atoms with Gasteiger partial charge < -0.3 is 28.8 Å². The van der Waals surface area contributed by atoms with Crippen LogP contribution in [-0.2, 0) is 6.42 Å². The van der Waals surface area contributed by atoms with Crippen LogP contribution in [0, 0.1) is 5.21 Å². The molecule has 3 unspecified atom stereocenters. The minimum Gasteiger partial charge on any atom is -0.633 e. The molecule has 0 aromatic heterocycles. The molecule has 4 heterocycles. The summed E-state index contributed by atoms with van der Waals surface area (Å²) in [5, 5.41) is 13.3. The van der Waals surface area contributed by atoms with E-state index in [4.69, 9.17) is 18.9 Å². The largest absolute Gasteiger partial charge is 0.633 e. The summed E-state index contributed by atoms with van der Waals surface area (Å²) in [6.07, 6.45) is 0.690. The van der Waals surface area contributed by atoms with Crippen LogP contribution in [0.3, 0.4) is 0 Å². The van der Waals surface area contributed by atoms with Gasteiger partial charge in [0.1, 0.15) is 6.04 Å². The summed E-state index contributed by atoms with van der Waals surface area (Å²) >= 11 is 0. The van der Waals surface area contributed by atoms with Gasteiger partial charge in [-0.1, -0.05) is 0 Å². The number of benzene rings is 2. The number of hydrogen-bond acceptors (Lipinski definition) is 5. The van der Waals surface area contributed by atoms with Gasteiger partial charge in [-0.15, -0.1) is 0 Å². The first-order chi connectivity index (χ1) is 12.1. The van der Waals surface area contributed by atoms with Crippen molar-refractivity contribution in [2.75, 3.05) is 27.2 Å². The Bertz CT molecular complexity index is 923. The molecular weight excluding hydrogens is 322 g/mol. The summed E-state index contributed by atoms with van der Waals surface area (Å²) in [4.78, 5) is 0. The molecule has 0 spiro atoms. The zero-order valence-corrected chi connectivity index (χ0v) is 13.8. The molecule has 2 bridgehead atoms. The molecule has 2 aromatic carbocycles. The maximum absolute atomic E-state index is 13.3. The van der Waals surface area contributed by atoms with Crippen molar-refractivity contribution in [2.45, 2.75) is 18.4 Å². The summed E-state index contributed by atoms with van der Waals surface area (Å²) in [5.41, 5.74) is 4.61. The van der Waals surface area contributed by atoms with Crippen molar-refractivity contribution in [1.82, 2.24) is 0 Å². The second-order valence-corrected chi connectivity index (χ2v) is 7.37. The number of likely N-dealkylation sites (N-methyl/N-ethyl adjacent to an activating group) is 1. The molecule has 4 aliphatic heterocycles. The van der Waals surface area contributed by atoms with Crippen molar-refractivity contribution in [2.24, 2.45) is 0 Å². The fourth-order valence-electron chi connectivity index (χ4n) is 4.72. The highest BCUT2D eigenvalue weighted by atomic mass is 16.7. The lowest BCUT2D eigenvalue weighted by molar-refractivity contribution is -0.895. The van der Waals surface area contributed by atoms with Gasteiger partial charge in [0, 0.05) is 12.0 Å². The van der Waals surface area contributed by atoms with Crippen LogP contribution in [0.15, 0.2) is 24.3 Å². The van der Waals surface area contributed by atoms with Crippen LogP contribution in [0.1, 0.15) is 34.2 Å². The third-order valence-corrected chi connectivity index (χ3v) is 5.94. The topological polar surface area (TPSA) is 60.0 Å². The number of nitrogens with zero attached hydrogens (tertiary/aromatic N) is 1. The number of fused-ring (bicyclic) bond motifs is 3. The van der Waals surface area contributed by atoms with Crippen LogP contribution in [0.2, 0.25) is 0 Å². The summed E-state index contributed by atoms with van der Waals surface area (Å²) in [7, 11) is 1.78. The van der Waals surface area contributed by atoms with Gasteiger partial charge in [-0.05, 0) is 41.0 Å². The maximum atomic E-state index is 13.3. The Balaban J connectivity index is 1.61. The van der Waals surface area contributed by atoms with Crippen molar-refractivity contribution in [3.05, 3.63) is 51.7 Å². The Hall–Kier alpha value is -2.44. The van der Waals surface area contributed by atoms with E-state index in [0.717, 1.165) is 28.6 Å². The lowest BCUT2D eigenvalue weighted by Crippen LogP contribution is -2.47. The fraction of sp³-hybridized carbons (Fsp3) is 0.368. The zero-order chi connectivity index (χ0) is 16.8. The van der Waals surface area contributed by atoms with Gasteiger partial charge in [0.15, 0.2) is 23.0 Å². The molecule has 6 nitrogen and oxygen atoms in total. The van der Waals surface area contributed by atoms with Gasteiger partial charge in [-0.3, -0.25) is 0 Å². The average Bonchev–Trinajstić information content (AvgIpc) is 3.18. The standard InChI is InChI=1S/C19H17NO5/c1-20(21)7-14-11-4-17-16(22-8-23-17)3-10(11)2-15(20)13-6-19-18(5-12(13)14)24-9-25-19/h3-6,14-15H,2,7-9H2,1H3. The Labute approximate surface area is 144 Å². The van der Waals surface area contributed by atoms with Crippen molar-refractivity contribution in [1.29, 1.82) is 0 Å². The summed E-state index contributed by atoms with van der Waals surface area (Å²) in [6, 6.07) is 8.03. The van der Waals surface area contributed by atoms with E-state index in [9.17, 15) is 5.21 Å². The van der Waals surface area contributed by atoms with E-state index < -0.39 is 0 Å². The third-order valence-electron chi connectivity index (χ3n) is 5.94. The van der Waals surface area contributed by atoms with Crippen molar-refractivity contribution < 1.29 is 23.6 Å². The average molecular weight is 339 g/mol. The number of ether oxygens (including phenoxy) is 4. The monoisotopic (exact) mass is 339 g/mol. The van der Waals surface area contributed by atoms with E-state index in [1.54, 1.807) is 7.05 Å². The first-order valence-corrected chi connectivity index (χ1v) is 8.52. The molecule has 1 aliphatic carbocycles. The molecule has 7 rings (SSSR count). The predicted octanol–water partition coefficient (Wildman–Crippen LogP) is 2.83. The molecule has 0 amide bonds. The second-order valence-electron chi connectivity index (χ2n) is 7.37. The third kappa shape index (κ3) is 1.75. The number of quaternary nitrogens is 1. The minimum absolute atomic E-state index is 0.0234. The van der Waals surface area contributed by atoms with Crippen molar-refractivity contribution >= 4 is 0 Å². The van der Waals surface area contributed by atoms with E-state index >= 15 is 0 Å². The Morgan fingerprint density at radius 1 is 0.840 bits per heavy atom. The van der Waals surface area contributed by atoms with E-state index in [-0.39, 0.29) is 30.2 Å². The first kappa shape index (κ1) is 13.8. The smallest absolute Gasteiger partial charge is 0.231 e. The SMILES string of the molecule is C[N+]1([O-])CC2c3cc4c(cc3CC1c1cc3c(cc12)OCO3)OCO4. The molecule has 5 aliphatic rings. The summed E-state index contributed by atoms with van der Waals surface area (Å²) in [5.74, 6) is 3.08. The Morgan fingerprint density at radius 2 is 1.40 bits per heavy atom. The second kappa shape index (κ2) is 4.39. The summed E-state index contributed by atoms with van der Waals surface area (Å²) < 4.78 is 22.0. The van der Waals surface area contributed by atoms with E-state index in [1.165, 1.54) is 16.7 Å². The lowest BCUT2D eigenvalue weighted by Gasteiger charge is -2.49. The number of hydrogen-bond donors (Lipinski definition) is 0. The van der Waals surface area contributed by atoms with Gasteiger partial charge in [-0.25, -0.2) is 0 Å². The molecule has 0 saturated carbocycles. The van der Waals surface area contributed by atoms with Crippen LogP contribution in [0.25, 0.3) is 0 Å². The molecule has 0 fully saturated rings. The minimum atomic E-state index is -0.279. The molecule has 6 heteroatoms. The zero-order valence-electron chi connectivity index (χ0n) is 13.8. The lowest BCUT2D eigenvalue weighted by atomic mass is 9.83. The Morgan fingerprint density at radius 3 is 2.08 bits per heavy atom. The van der Waals surface area contributed by atoms with Crippen LogP contribution >= 0.6 is 0 Å². The quantitative estimate of drug-likeness (QED) is 0.546. The maximum Gasteiger partial charge on any atom is 0.231 e. The predicted molar refractivity (Wildman–Crippen MR) is 87.8 cm³/mol. The molecule has 0 radical (unpaired) electrons. The number of hydroxylamine groups is 3. The highest BCUT2D eigenvalue weighted by molar-refractivity contribution is 5.59. The summed E-state index contributed by atoms with van der Waals surface area (Å²) in [6.45, 7) is 1.02. The molecule has 2 aromatic rings. The molecule has 0 N–H and O–H groups in total. The van der Waals surface area contributed by atoms with Crippen LogP contribution in [0.4, 0.5) is 0 Å². The molecule has 25 heavy (non-hydrogen) atoms. The fourth-order valence-corrected chi connectivity index (χ4v) is 4.72. The Kier molecular flexibility index (Phi) is 2.42. The highest BCUT2D eigenvalue weighted by Gasteiger charge is 2.45. The normalized spacial score (nSPS) is 30.0. The number of rotatable bonds is 0. The van der Waals surface area contributed by atoms with Gasteiger partial charge in [-0.2, -0.15) is 0 Å². The van der Waals surface area contributed by atoms with Crippen LogP contribution in [0.5, 0.6) is 23.0 Å². The van der Waals surface area contributed by atoms with Gasteiger partial charge in [0.05, 0.1) is 19.5 Å².